The van der Waals surface area contributed by atoms with Gasteiger partial charge in [0.1, 0.15) is 12.6 Å². The Hall–Kier alpha value is -3.29. The average molecular weight is 852 g/mol. The molecule has 58 heavy (non-hydrogen) atoms. The molecule has 6 N–H and O–H groups in total. The number of thioether (sulfide) groups is 1. The van der Waals surface area contributed by atoms with E-state index in [0.717, 1.165) is 51.4 Å². The number of aliphatic hydroxyl groups excluding tert-OH is 1. The Morgan fingerprint density at radius 1 is 0.724 bits per heavy atom. The summed E-state index contributed by atoms with van der Waals surface area (Å²) in [6, 6.07) is -1.15. The van der Waals surface area contributed by atoms with Gasteiger partial charge >= 0.3 is 25.7 Å². The Labute approximate surface area is 351 Å². The van der Waals surface area contributed by atoms with Crippen molar-refractivity contribution in [3.05, 3.63) is 97.2 Å². The first kappa shape index (κ1) is 54.7. The van der Waals surface area contributed by atoms with Crippen molar-refractivity contribution in [2.24, 2.45) is 5.73 Å². The Kier molecular flexibility index (Phi) is 35.8. The first-order valence-electron chi connectivity index (χ1n) is 20.5. The number of phosphoric acid groups is 1. The van der Waals surface area contributed by atoms with E-state index in [0.29, 0.717) is 6.42 Å². The molecule has 0 amide bonds. The number of carbonyl (C=O) groups is 3. The lowest BCUT2D eigenvalue weighted by atomic mass is 10.1. The molecule has 0 heterocycles. The fourth-order valence-corrected chi connectivity index (χ4v) is 6.41. The summed E-state index contributed by atoms with van der Waals surface area (Å²) in [6.07, 6.45) is 41.8. The number of nitrogens with two attached hydrogens (primary N) is 1. The molecule has 12 nitrogen and oxygen atoms in total. The predicted octanol–water partition coefficient (Wildman–Crippen LogP) is 9.16. The topological polar surface area (TPSA) is 203 Å². The molecular formula is C44H70NO11PS. The van der Waals surface area contributed by atoms with Gasteiger partial charge in [-0.25, -0.2) is 4.57 Å². The number of hydrogen-bond acceptors (Lipinski definition) is 10. The molecule has 14 heteroatoms. The van der Waals surface area contributed by atoms with Gasteiger partial charge in [-0.05, 0) is 77.0 Å². The molecule has 0 spiro atoms. The van der Waals surface area contributed by atoms with Gasteiger partial charge in [-0.3, -0.25) is 18.9 Å². The largest absolute Gasteiger partial charge is 0.481 e. The van der Waals surface area contributed by atoms with Crippen LogP contribution in [-0.4, -0.2) is 80.4 Å². The molecule has 0 saturated heterocycles. The quantitative estimate of drug-likeness (QED) is 0.0131. The summed E-state index contributed by atoms with van der Waals surface area (Å²) in [5.41, 5.74) is 6.09. The number of carboxylic acids is 1. The van der Waals surface area contributed by atoms with E-state index >= 15 is 0 Å². The molecule has 0 aromatic heterocycles. The van der Waals surface area contributed by atoms with Crippen molar-refractivity contribution >= 4 is 37.5 Å². The van der Waals surface area contributed by atoms with Crippen LogP contribution in [0.4, 0.5) is 0 Å². The van der Waals surface area contributed by atoms with Gasteiger partial charge in [-0.2, -0.15) is 0 Å². The maximum Gasteiger partial charge on any atom is 0.469 e. The van der Waals surface area contributed by atoms with Crippen molar-refractivity contribution in [1.82, 2.24) is 0 Å². The number of hydrogen-bond donors (Lipinski definition) is 5. The molecule has 0 bridgehead atoms. The van der Waals surface area contributed by atoms with Gasteiger partial charge in [0, 0.05) is 23.8 Å². The molecule has 0 saturated carbocycles. The zero-order chi connectivity index (χ0) is 43.1. The molecule has 0 fully saturated rings. The van der Waals surface area contributed by atoms with Crippen molar-refractivity contribution < 1.29 is 52.9 Å². The highest BCUT2D eigenvalue weighted by molar-refractivity contribution is 8.00. The van der Waals surface area contributed by atoms with Gasteiger partial charge in [0.25, 0.3) is 0 Å². The summed E-state index contributed by atoms with van der Waals surface area (Å²) in [4.78, 5) is 54.6. The fourth-order valence-electron chi connectivity index (χ4n) is 4.92. The Balaban J connectivity index is 4.97. The van der Waals surface area contributed by atoms with E-state index in [1.54, 1.807) is 18.2 Å². The van der Waals surface area contributed by atoms with E-state index < -0.39 is 62.4 Å². The van der Waals surface area contributed by atoms with Crippen LogP contribution in [0.1, 0.15) is 117 Å². The minimum absolute atomic E-state index is 0.0285. The number of phosphoric ester groups is 1. The highest BCUT2D eigenvalue weighted by atomic mass is 32.2. The number of allylic oxidation sites excluding steroid dienone is 15. The van der Waals surface area contributed by atoms with Crippen LogP contribution in [0.15, 0.2) is 97.2 Å². The maximum absolute atomic E-state index is 12.8. The van der Waals surface area contributed by atoms with Crippen molar-refractivity contribution in [1.29, 1.82) is 0 Å². The van der Waals surface area contributed by atoms with Gasteiger partial charge in [-0.1, -0.05) is 124 Å². The zero-order valence-electron chi connectivity index (χ0n) is 34.6. The molecule has 0 aromatic carbocycles. The van der Waals surface area contributed by atoms with Crippen LogP contribution in [0.25, 0.3) is 0 Å². The molecule has 0 rings (SSSR count). The van der Waals surface area contributed by atoms with E-state index in [4.69, 9.17) is 30.1 Å². The number of aliphatic carboxylic acids is 1. The van der Waals surface area contributed by atoms with Crippen LogP contribution in [0.2, 0.25) is 0 Å². The van der Waals surface area contributed by atoms with Gasteiger partial charge in [0.2, 0.25) is 0 Å². The van der Waals surface area contributed by atoms with Crippen LogP contribution in [0.3, 0.4) is 0 Å². The lowest BCUT2D eigenvalue weighted by molar-refractivity contribution is -0.161. The lowest BCUT2D eigenvalue weighted by Crippen LogP contribution is -2.38. The van der Waals surface area contributed by atoms with Gasteiger partial charge in [-0.15, -0.1) is 11.8 Å². The van der Waals surface area contributed by atoms with Crippen LogP contribution in [0.5, 0.6) is 0 Å². The molecule has 0 aliphatic carbocycles. The smallest absolute Gasteiger partial charge is 0.469 e. The first-order valence-corrected chi connectivity index (χ1v) is 23.1. The highest BCUT2D eigenvalue weighted by Crippen LogP contribution is 2.36. The Bertz CT molecular complexity index is 1380. The number of unbranched alkanes of at least 4 members (excludes halogenated alkanes) is 5. The van der Waals surface area contributed by atoms with Gasteiger partial charge in [0.15, 0.2) is 6.10 Å². The molecule has 328 valence electrons. The van der Waals surface area contributed by atoms with Crippen molar-refractivity contribution in [3.8, 4) is 0 Å². The highest BCUT2D eigenvalue weighted by Gasteiger charge is 2.26. The van der Waals surface area contributed by atoms with Gasteiger partial charge in [0.05, 0.1) is 12.7 Å². The van der Waals surface area contributed by atoms with Crippen molar-refractivity contribution in [3.63, 3.8) is 0 Å². The van der Waals surface area contributed by atoms with Crippen LogP contribution in [0, 0.1) is 0 Å². The third kappa shape index (κ3) is 37.0. The van der Waals surface area contributed by atoms with E-state index in [1.165, 1.54) is 31.0 Å². The number of aliphatic hydroxyl groups is 1. The number of ether oxygens (including phenoxy) is 2. The molecule has 0 radical (unpaired) electrons. The molecule has 0 aliphatic heterocycles. The summed E-state index contributed by atoms with van der Waals surface area (Å²) >= 11 is 1.19. The third-order valence-corrected chi connectivity index (χ3v) is 9.98. The standard InChI is InChI=1S/C44H70NO11PS/c1-3-5-7-9-11-13-15-17-18-19-21-23-25-27-29-34-43(49)56-38(36-55-57(51,52)53)35-54-44(50)39(45)37-58-41(40(46)31-30-33-42(47)48)32-28-26-24-22-20-16-14-12-10-8-6-4-2/h5,7,11-14,17-18,20-24,26,28,32,38-41,46H,3-4,6,8-10,15-16,19,25,27,29-31,33-37,45H2,1-2H3,(H,47,48)(H2,51,52,53)/b7-5-,13-11-,14-12-,18-17-,22-20-,23-21-,26-24+,32-28+/t38-,39+,40+,41-/m1/s1. The van der Waals surface area contributed by atoms with Gasteiger partial charge < -0.3 is 35.2 Å². The van der Waals surface area contributed by atoms with E-state index in [9.17, 15) is 24.1 Å². The van der Waals surface area contributed by atoms with Crippen LogP contribution >= 0.6 is 19.6 Å². The lowest BCUT2D eigenvalue weighted by Gasteiger charge is -2.22. The second-order valence-electron chi connectivity index (χ2n) is 13.4. The minimum atomic E-state index is -4.91. The maximum atomic E-state index is 12.8. The second-order valence-corrected chi connectivity index (χ2v) is 15.9. The normalized spacial score (nSPS) is 15.0. The van der Waals surface area contributed by atoms with Crippen molar-refractivity contribution in [2.45, 2.75) is 140 Å². The molecule has 4 atom stereocenters. The minimum Gasteiger partial charge on any atom is -0.481 e. The summed E-state index contributed by atoms with van der Waals surface area (Å²) in [5.74, 6) is -2.42. The average Bonchev–Trinajstić information content (AvgIpc) is 3.18. The summed E-state index contributed by atoms with van der Waals surface area (Å²) < 4.78 is 26.4. The molecule has 0 unspecified atom stereocenters. The Morgan fingerprint density at radius 2 is 1.31 bits per heavy atom. The zero-order valence-corrected chi connectivity index (χ0v) is 36.3. The van der Waals surface area contributed by atoms with E-state index in [-0.39, 0.29) is 31.4 Å². The van der Waals surface area contributed by atoms with Crippen LogP contribution in [-0.2, 0) is 32.9 Å². The van der Waals surface area contributed by atoms with E-state index in [1.807, 2.05) is 24.3 Å². The number of rotatable bonds is 36. The predicted molar refractivity (Wildman–Crippen MR) is 235 cm³/mol. The summed E-state index contributed by atoms with van der Waals surface area (Å²) in [5, 5.41) is 19.3. The number of carboxylic acid groups (broad SMARTS) is 1. The fraction of sp³-hybridized carbons (Fsp3) is 0.568. The molecular weight excluding hydrogens is 782 g/mol. The first-order chi connectivity index (χ1) is 27.9. The number of esters is 2. The van der Waals surface area contributed by atoms with Crippen molar-refractivity contribution in [2.75, 3.05) is 19.0 Å². The Morgan fingerprint density at radius 3 is 1.91 bits per heavy atom. The number of carbonyl (C=O) groups excluding carboxylic acids is 2. The third-order valence-electron chi connectivity index (χ3n) is 8.08. The second kappa shape index (κ2) is 37.9. The van der Waals surface area contributed by atoms with Crippen LogP contribution < -0.4 is 5.73 Å². The monoisotopic (exact) mass is 851 g/mol. The SMILES string of the molecule is CC/C=C\C/C=C\C/C=C\C/C=C\CCCCC(=O)O[C@H](COC(=O)[C@@H](N)CS[C@H](/C=C/C=C/C=C\C/C=C\CCCCC)[C@@H](O)CCCC(=O)O)COP(=O)(O)O. The summed E-state index contributed by atoms with van der Waals surface area (Å²) in [6.45, 7) is 3.04. The molecule has 0 aromatic rings. The van der Waals surface area contributed by atoms with E-state index in [2.05, 4.69) is 73.1 Å². The summed E-state index contributed by atoms with van der Waals surface area (Å²) in [7, 11) is -4.91. The molecule has 0 aliphatic rings.